The van der Waals surface area contributed by atoms with Crippen LogP contribution < -0.4 is 4.90 Å². The minimum atomic E-state index is 0.128. The van der Waals surface area contributed by atoms with Gasteiger partial charge in [-0.3, -0.25) is 4.79 Å². The molecule has 1 atom stereocenters. The van der Waals surface area contributed by atoms with E-state index in [1.807, 2.05) is 24.0 Å². The number of carbonyl (C=O) groups excluding carboxylic acids is 1. The summed E-state index contributed by atoms with van der Waals surface area (Å²) in [5.41, 5.74) is 1.95. The largest absolute Gasteiger partial charge is 0.369 e. The second-order valence-corrected chi connectivity index (χ2v) is 6.50. The first-order chi connectivity index (χ1) is 10.3. The first-order valence-electron chi connectivity index (χ1n) is 8.51. The Morgan fingerprint density at radius 1 is 0.955 bits per heavy atom. The zero-order valence-corrected chi connectivity index (χ0v) is 15.3. The summed E-state index contributed by atoms with van der Waals surface area (Å²) >= 11 is 0. The van der Waals surface area contributed by atoms with Crippen molar-refractivity contribution in [3.8, 4) is 0 Å². The molecule has 0 unspecified atom stereocenters. The van der Waals surface area contributed by atoms with Crippen molar-refractivity contribution in [2.75, 3.05) is 18.0 Å². The zero-order chi connectivity index (χ0) is 16.9. The lowest BCUT2D eigenvalue weighted by Crippen LogP contribution is -2.41. The summed E-state index contributed by atoms with van der Waals surface area (Å²) in [5, 5.41) is 0. The maximum absolute atomic E-state index is 12.7. The van der Waals surface area contributed by atoms with Gasteiger partial charge in [0, 0.05) is 36.4 Å². The molecule has 0 bridgehead atoms. The average molecular weight is 304 g/mol. The van der Waals surface area contributed by atoms with Gasteiger partial charge in [-0.15, -0.1) is 0 Å². The van der Waals surface area contributed by atoms with Crippen molar-refractivity contribution in [3.05, 3.63) is 29.8 Å². The molecule has 22 heavy (non-hydrogen) atoms. The molecule has 1 rings (SSSR count). The van der Waals surface area contributed by atoms with Crippen LogP contribution in [0.15, 0.2) is 24.3 Å². The van der Waals surface area contributed by atoms with E-state index in [1.165, 1.54) is 5.69 Å². The fraction of sp³-hybridized carbons (Fsp3) is 0.632. The van der Waals surface area contributed by atoms with Crippen LogP contribution >= 0.6 is 0 Å². The lowest BCUT2D eigenvalue weighted by Gasteiger charge is -2.31. The molecule has 0 saturated heterocycles. The van der Waals surface area contributed by atoms with E-state index in [9.17, 15) is 4.79 Å². The zero-order valence-electron chi connectivity index (χ0n) is 15.3. The van der Waals surface area contributed by atoms with Crippen LogP contribution in [0, 0.1) is 5.92 Å². The highest BCUT2D eigenvalue weighted by Gasteiger charge is 2.22. The van der Waals surface area contributed by atoms with E-state index in [-0.39, 0.29) is 11.9 Å². The van der Waals surface area contributed by atoms with Crippen molar-refractivity contribution in [1.29, 1.82) is 0 Å². The molecule has 0 heterocycles. The Kier molecular flexibility index (Phi) is 6.92. The second-order valence-electron chi connectivity index (χ2n) is 6.50. The number of hydrogen-bond acceptors (Lipinski definition) is 2. The number of nitrogens with zero attached hydrogens (tertiary/aromatic N) is 2. The minimum Gasteiger partial charge on any atom is -0.369 e. The standard InChI is InChI=1S/C19H32N2O/c1-8-20(15(5)6)18-12-10-17(11-13-18)19(22)21(9-2)16(7)14(3)4/h10-16H,8-9H2,1-7H3/t16-/m1/s1. The van der Waals surface area contributed by atoms with Crippen molar-refractivity contribution < 1.29 is 4.79 Å². The maximum atomic E-state index is 12.7. The molecule has 0 saturated carbocycles. The van der Waals surface area contributed by atoms with Crippen LogP contribution in [0.3, 0.4) is 0 Å². The van der Waals surface area contributed by atoms with E-state index >= 15 is 0 Å². The molecule has 3 nitrogen and oxygen atoms in total. The van der Waals surface area contributed by atoms with Crippen molar-refractivity contribution in [2.45, 2.75) is 60.5 Å². The van der Waals surface area contributed by atoms with Gasteiger partial charge in [0.1, 0.15) is 0 Å². The van der Waals surface area contributed by atoms with Crippen LogP contribution in [0.4, 0.5) is 5.69 Å². The lowest BCUT2D eigenvalue weighted by atomic mass is 10.0. The summed E-state index contributed by atoms with van der Waals surface area (Å²) in [6.07, 6.45) is 0. The molecule has 3 heteroatoms. The molecule has 0 fully saturated rings. The number of anilines is 1. The normalized spacial score (nSPS) is 12.6. The Morgan fingerprint density at radius 2 is 1.50 bits per heavy atom. The van der Waals surface area contributed by atoms with Gasteiger partial charge in [0.05, 0.1) is 0 Å². The van der Waals surface area contributed by atoms with Gasteiger partial charge in [-0.1, -0.05) is 13.8 Å². The van der Waals surface area contributed by atoms with E-state index in [4.69, 9.17) is 0 Å². The first kappa shape index (κ1) is 18.5. The fourth-order valence-corrected chi connectivity index (χ4v) is 2.78. The highest BCUT2D eigenvalue weighted by atomic mass is 16.2. The molecule has 124 valence electrons. The maximum Gasteiger partial charge on any atom is 0.254 e. The Bertz CT molecular complexity index is 465. The van der Waals surface area contributed by atoms with Gasteiger partial charge in [0.25, 0.3) is 5.91 Å². The fourth-order valence-electron chi connectivity index (χ4n) is 2.78. The molecule has 1 aromatic carbocycles. The third-order valence-electron chi connectivity index (χ3n) is 4.47. The van der Waals surface area contributed by atoms with Crippen LogP contribution in [-0.4, -0.2) is 36.0 Å². The lowest BCUT2D eigenvalue weighted by molar-refractivity contribution is 0.0660. The molecule has 0 N–H and O–H groups in total. The Hall–Kier alpha value is -1.51. The molecular weight excluding hydrogens is 272 g/mol. The molecular formula is C19H32N2O. The van der Waals surface area contributed by atoms with Gasteiger partial charge in [-0.25, -0.2) is 0 Å². The number of hydrogen-bond donors (Lipinski definition) is 0. The number of carbonyl (C=O) groups is 1. The summed E-state index contributed by atoms with van der Waals surface area (Å²) < 4.78 is 0. The second kappa shape index (κ2) is 8.21. The van der Waals surface area contributed by atoms with Crippen LogP contribution in [-0.2, 0) is 0 Å². The quantitative estimate of drug-likeness (QED) is 0.744. The van der Waals surface area contributed by atoms with Crippen molar-refractivity contribution >= 4 is 11.6 Å². The first-order valence-corrected chi connectivity index (χ1v) is 8.51. The van der Waals surface area contributed by atoms with Gasteiger partial charge >= 0.3 is 0 Å². The summed E-state index contributed by atoms with van der Waals surface area (Å²) in [5.74, 6) is 0.586. The van der Waals surface area contributed by atoms with E-state index in [0.717, 1.165) is 18.7 Å². The average Bonchev–Trinajstić information content (AvgIpc) is 2.48. The molecule has 1 aromatic rings. The van der Waals surface area contributed by atoms with Crippen LogP contribution in [0.5, 0.6) is 0 Å². The molecule has 1 amide bonds. The van der Waals surface area contributed by atoms with Crippen LogP contribution in [0.1, 0.15) is 58.8 Å². The van der Waals surface area contributed by atoms with Gasteiger partial charge in [-0.2, -0.15) is 0 Å². The van der Waals surface area contributed by atoms with E-state index in [0.29, 0.717) is 12.0 Å². The van der Waals surface area contributed by atoms with Crippen LogP contribution in [0.25, 0.3) is 0 Å². The molecule has 0 aliphatic heterocycles. The monoisotopic (exact) mass is 304 g/mol. The Labute approximate surface area is 136 Å². The van der Waals surface area contributed by atoms with Crippen molar-refractivity contribution in [1.82, 2.24) is 4.90 Å². The highest BCUT2D eigenvalue weighted by Crippen LogP contribution is 2.20. The van der Waals surface area contributed by atoms with Crippen molar-refractivity contribution in [2.24, 2.45) is 5.92 Å². The predicted octanol–water partition coefficient (Wildman–Crippen LogP) is 4.43. The summed E-state index contributed by atoms with van der Waals surface area (Å²) in [6.45, 7) is 16.7. The molecule has 0 spiro atoms. The third kappa shape index (κ3) is 4.25. The summed E-state index contributed by atoms with van der Waals surface area (Å²) in [6, 6.07) is 8.74. The van der Waals surface area contributed by atoms with Crippen LogP contribution in [0.2, 0.25) is 0 Å². The number of rotatable bonds is 7. The molecule has 0 radical (unpaired) electrons. The highest BCUT2D eigenvalue weighted by molar-refractivity contribution is 5.94. The van der Waals surface area contributed by atoms with Gasteiger partial charge in [-0.05, 0) is 64.8 Å². The van der Waals surface area contributed by atoms with E-state index in [2.05, 4.69) is 58.6 Å². The Balaban J connectivity index is 2.96. The van der Waals surface area contributed by atoms with E-state index in [1.54, 1.807) is 0 Å². The molecule has 0 aromatic heterocycles. The van der Waals surface area contributed by atoms with E-state index < -0.39 is 0 Å². The smallest absolute Gasteiger partial charge is 0.254 e. The van der Waals surface area contributed by atoms with Gasteiger partial charge < -0.3 is 9.80 Å². The summed E-state index contributed by atoms with van der Waals surface area (Å²) in [4.78, 5) is 17.0. The number of amides is 1. The van der Waals surface area contributed by atoms with Gasteiger partial charge in [0.2, 0.25) is 0 Å². The summed E-state index contributed by atoms with van der Waals surface area (Å²) in [7, 11) is 0. The Morgan fingerprint density at radius 3 is 1.86 bits per heavy atom. The van der Waals surface area contributed by atoms with Crippen molar-refractivity contribution in [3.63, 3.8) is 0 Å². The number of benzene rings is 1. The molecule has 0 aliphatic rings. The predicted molar refractivity (Wildman–Crippen MR) is 95.6 cm³/mol. The SMILES string of the molecule is CCN(c1ccc(C(=O)N(CC)[C@H](C)C(C)C)cc1)C(C)C. The van der Waals surface area contributed by atoms with Gasteiger partial charge in [0.15, 0.2) is 0 Å². The topological polar surface area (TPSA) is 23.6 Å². The molecule has 0 aliphatic carbocycles. The minimum absolute atomic E-state index is 0.128. The third-order valence-corrected chi connectivity index (χ3v) is 4.47.